The molecule has 0 aromatic carbocycles. The standard InChI is InChI=1S/C9H16O2S3/c1-4-5-6-8(12)14-13-7(2)9(10)11-3/h7H,4-6H2,1-3H3. The molecule has 0 aromatic heterocycles. The summed E-state index contributed by atoms with van der Waals surface area (Å²) < 4.78 is 5.57. The molecule has 82 valence electrons. The number of esters is 1. The molecule has 0 rings (SSSR count). The average molecular weight is 252 g/mol. The molecule has 5 heteroatoms. The quantitative estimate of drug-likeness (QED) is 0.410. The van der Waals surface area contributed by atoms with Gasteiger partial charge in [0.1, 0.15) is 5.25 Å². The minimum absolute atomic E-state index is 0.149. The van der Waals surface area contributed by atoms with Crippen LogP contribution in [-0.2, 0) is 9.53 Å². The summed E-state index contributed by atoms with van der Waals surface area (Å²) in [5, 5.41) is -0.149. The molecule has 0 N–H and O–H groups in total. The van der Waals surface area contributed by atoms with Gasteiger partial charge in [-0.2, -0.15) is 0 Å². The molecule has 0 aliphatic rings. The normalized spacial score (nSPS) is 12.2. The maximum atomic E-state index is 11.0. The highest BCUT2D eigenvalue weighted by atomic mass is 33.1. The lowest BCUT2D eigenvalue weighted by molar-refractivity contribution is -0.139. The number of hydrogen-bond acceptors (Lipinski definition) is 5. The maximum Gasteiger partial charge on any atom is 0.319 e. The Morgan fingerprint density at radius 1 is 1.57 bits per heavy atom. The van der Waals surface area contributed by atoms with Gasteiger partial charge < -0.3 is 4.74 Å². The monoisotopic (exact) mass is 252 g/mol. The number of carbonyl (C=O) groups is 1. The Labute approximate surface area is 98.9 Å². The molecule has 0 aliphatic carbocycles. The zero-order chi connectivity index (χ0) is 11.0. The minimum atomic E-state index is -0.194. The van der Waals surface area contributed by atoms with Gasteiger partial charge in [0.05, 0.1) is 11.3 Å². The van der Waals surface area contributed by atoms with Crippen LogP contribution in [0.15, 0.2) is 0 Å². The van der Waals surface area contributed by atoms with E-state index in [4.69, 9.17) is 12.2 Å². The Hall–Kier alpha value is 0.260. The van der Waals surface area contributed by atoms with Crippen molar-refractivity contribution >= 4 is 44.0 Å². The fourth-order valence-corrected chi connectivity index (χ4v) is 3.09. The molecular formula is C9H16O2S3. The Balaban J connectivity index is 3.60. The zero-order valence-electron chi connectivity index (χ0n) is 8.74. The molecule has 0 saturated carbocycles. The van der Waals surface area contributed by atoms with E-state index in [1.54, 1.807) is 0 Å². The Morgan fingerprint density at radius 2 is 2.21 bits per heavy atom. The summed E-state index contributed by atoms with van der Waals surface area (Å²) in [6.45, 7) is 3.96. The first kappa shape index (κ1) is 14.3. The van der Waals surface area contributed by atoms with Crippen LogP contribution >= 0.6 is 33.8 Å². The molecule has 0 aliphatic heterocycles. The first-order valence-electron chi connectivity index (χ1n) is 4.55. The van der Waals surface area contributed by atoms with E-state index in [2.05, 4.69) is 11.7 Å². The predicted octanol–water partition coefficient (Wildman–Crippen LogP) is 3.45. The van der Waals surface area contributed by atoms with Crippen LogP contribution in [0.4, 0.5) is 0 Å². The summed E-state index contributed by atoms with van der Waals surface area (Å²) in [6, 6.07) is 0. The lowest BCUT2D eigenvalue weighted by Gasteiger charge is -2.07. The SMILES string of the molecule is CCCCC(=S)SSC(C)C(=O)OC. The van der Waals surface area contributed by atoms with E-state index >= 15 is 0 Å². The molecular weight excluding hydrogens is 236 g/mol. The van der Waals surface area contributed by atoms with Crippen molar-refractivity contribution in [2.24, 2.45) is 0 Å². The highest BCUT2D eigenvalue weighted by Gasteiger charge is 2.14. The van der Waals surface area contributed by atoms with Gasteiger partial charge in [0.15, 0.2) is 0 Å². The number of methoxy groups -OCH3 is 1. The third-order valence-electron chi connectivity index (χ3n) is 1.55. The molecule has 0 heterocycles. The zero-order valence-corrected chi connectivity index (χ0v) is 11.2. The van der Waals surface area contributed by atoms with Crippen molar-refractivity contribution in [1.82, 2.24) is 0 Å². The lowest BCUT2D eigenvalue weighted by Crippen LogP contribution is -2.13. The van der Waals surface area contributed by atoms with Gasteiger partial charge in [0.2, 0.25) is 0 Å². The van der Waals surface area contributed by atoms with Gasteiger partial charge >= 0.3 is 5.97 Å². The molecule has 1 unspecified atom stereocenters. The lowest BCUT2D eigenvalue weighted by atomic mass is 10.3. The second-order valence-corrected chi connectivity index (χ2v) is 6.21. The van der Waals surface area contributed by atoms with E-state index < -0.39 is 0 Å². The van der Waals surface area contributed by atoms with E-state index in [9.17, 15) is 4.79 Å². The largest absolute Gasteiger partial charge is 0.468 e. The van der Waals surface area contributed by atoms with E-state index in [-0.39, 0.29) is 11.2 Å². The van der Waals surface area contributed by atoms with Crippen LogP contribution < -0.4 is 0 Å². The van der Waals surface area contributed by atoms with Crippen molar-refractivity contribution in [3.8, 4) is 0 Å². The number of thiocarbonyl (C=S) groups is 1. The predicted molar refractivity (Wildman–Crippen MR) is 68.8 cm³/mol. The third-order valence-corrected chi connectivity index (χ3v) is 5.05. The van der Waals surface area contributed by atoms with E-state index in [1.807, 2.05) is 6.92 Å². The van der Waals surface area contributed by atoms with Crippen LogP contribution in [0.25, 0.3) is 0 Å². The highest BCUT2D eigenvalue weighted by Crippen LogP contribution is 2.30. The van der Waals surface area contributed by atoms with Crippen molar-refractivity contribution in [2.45, 2.75) is 38.4 Å². The Morgan fingerprint density at radius 3 is 2.71 bits per heavy atom. The van der Waals surface area contributed by atoms with Crippen LogP contribution in [0.1, 0.15) is 33.1 Å². The van der Waals surface area contributed by atoms with Crippen LogP contribution in [0.3, 0.4) is 0 Å². The van der Waals surface area contributed by atoms with E-state index in [1.165, 1.54) is 28.7 Å². The van der Waals surface area contributed by atoms with Crippen molar-refractivity contribution in [3.63, 3.8) is 0 Å². The van der Waals surface area contributed by atoms with Gasteiger partial charge in [-0.3, -0.25) is 4.79 Å². The molecule has 0 radical (unpaired) electrons. The van der Waals surface area contributed by atoms with Crippen LogP contribution in [0, 0.1) is 0 Å². The third kappa shape index (κ3) is 6.68. The summed E-state index contributed by atoms with van der Waals surface area (Å²) >= 11 is 5.15. The Kier molecular flexibility index (Phi) is 8.72. The first-order valence-corrected chi connectivity index (χ1v) is 7.18. The molecule has 14 heavy (non-hydrogen) atoms. The van der Waals surface area contributed by atoms with Crippen LogP contribution in [0.2, 0.25) is 0 Å². The fraction of sp³-hybridized carbons (Fsp3) is 0.778. The van der Waals surface area contributed by atoms with Crippen molar-refractivity contribution in [1.29, 1.82) is 0 Å². The summed E-state index contributed by atoms with van der Waals surface area (Å²) in [4.78, 5) is 11.0. The summed E-state index contributed by atoms with van der Waals surface area (Å²) in [5.74, 6) is -0.194. The second kappa shape index (κ2) is 8.56. The van der Waals surface area contributed by atoms with Gasteiger partial charge in [-0.15, -0.1) is 0 Å². The molecule has 0 amide bonds. The highest BCUT2D eigenvalue weighted by molar-refractivity contribution is 8.84. The minimum Gasteiger partial charge on any atom is -0.468 e. The van der Waals surface area contributed by atoms with Gasteiger partial charge in [-0.25, -0.2) is 0 Å². The average Bonchev–Trinajstić information content (AvgIpc) is 2.21. The van der Waals surface area contributed by atoms with Crippen LogP contribution in [-0.4, -0.2) is 22.5 Å². The molecule has 0 bridgehead atoms. The first-order chi connectivity index (χ1) is 6.61. The fourth-order valence-electron chi connectivity index (χ4n) is 0.694. The van der Waals surface area contributed by atoms with Gasteiger partial charge in [-0.05, 0) is 30.6 Å². The number of rotatable bonds is 6. The summed E-state index contributed by atoms with van der Waals surface area (Å²) in [6.07, 6.45) is 3.23. The molecule has 1 atom stereocenters. The molecule has 0 fully saturated rings. The summed E-state index contributed by atoms with van der Waals surface area (Å²) in [7, 11) is 4.39. The second-order valence-electron chi connectivity index (χ2n) is 2.82. The van der Waals surface area contributed by atoms with Crippen molar-refractivity contribution in [2.75, 3.05) is 7.11 Å². The number of carbonyl (C=O) groups excluding carboxylic acids is 1. The van der Waals surface area contributed by atoms with Crippen molar-refractivity contribution < 1.29 is 9.53 Å². The number of ether oxygens (including phenoxy) is 1. The molecule has 2 nitrogen and oxygen atoms in total. The van der Waals surface area contributed by atoms with Crippen LogP contribution in [0.5, 0.6) is 0 Å². The smallest absolute Gasteiger partial charge is 0.319 e. The Bertz CT molecular complexity index is 194. The van der Waals surface area contributed by atoms with Crippen molar-refractivity contribution in [3.05, 3.63) is 0 Å². The summed E-state index contributed by atoms with van der Waals surface area (Å²) in [5.41, 5.74) is 0. The van der Waals surface area contributed by atoms with Gasteiger partial charge in [0, 0.05) is 0 Å². The van der Waals surface area contributed by atoms with E-state index in [0.717, 1.165) is 23.5 Å². The number of unbranched alkanes of at least 4 members (excludes halogenated alkanes) is 1. The van der Waals surface area contributed by atoms with Gasteiger partial charge in [0.25, 0.3) is 0 Å². The molecule has 0 spiro atoms. The molecule has 0 aromatic rings. The molecule has 0 saturated heterocycles. The number of hydrogen-bond donors (Lipinski definition) is 0. The topological polar surface area (TPSA) is 26.3 Å². The van der Waals surface area contributed by atoms with E-state index in [0.29, 0.717) is 0 Å². The maximum absolute atomic E-state index is 11.0. The van der Waals surface area contributed by atoms with Gasteiger partial charge in [-0.1, -0.05) is 36.4 Å².